The summed E-state index contributed by atoms with van der Waals surface area (Å²) < 4.78 is 13.0. The summed E-state index contributed by atoms with van der Waals surface area (Å²) in [5.74, 6) is 0. The first-order chi connectivity index (χ1) is 47.2. The van der Waals surface area contributed by atoms with Gasteiger partial charge in [-0.05, 0) is 157 Å². The van der Waals surface area contributed by atoms with Gasteiger partial charge in [-0.2, -0.15) is 0 Å². The Hall–Kier alpha value is -7.42. The Bertz CT molecular complexity index is 5000. The molecule has 1 aliphatic rings. The molecular formula is C88H86BBr3N2O3S2. The predicted molar refractivity (Wildman–Crippen MR) is 443 cm³/mol. The van der Waals surface area contributed by atoms with E-state index in [0.29, 0.717) is 5.46 Å². The van der Waals surface area contributed by atoms with Crippen molar-refractivity contribution in [2.24, 2.45) is 0 Å². The van der Waals surface area contributed by atoms with Gasteiger partial charge in [0.25, 0.3) is 0 Å². The molecule has 0 amide bonds. The van der Waals surface area contributed by atoms with Crippen LogP contribution in [0.1, 0.15) is 118 Å². The maximum Gasteiger partial charge on any atom is 0.489 e. The van der Waals surface area contributed by atoms with Crippen LogP contribution >= 0.6 is 70.5 Å². The van der Waals surface area contributed by atoms with Crippen LogP contribution in [0.25, 0.3) is 73.0 Å². The zero-order valence-corrected chi connectivity index (χ0v) is 65.0. The van der Waals surface area contributed by atoms with Crippen molar-refractivity contribution in [2.45, 2.75) is 118 Å². The van der Waals surface area contributed by atoms with Crippen molar-refractivity contribution in [1.82, 2.24) is 0 Å². The Balaban J connectivity index is 0.000000153. The number of hydrogen-bond acceptors (Lipinski definition) is 7. The van der Waals surface area contributed by atoms with E-state index in [2.05, 4.69) is 347 Å². The summed E-state index contributed by atoms with van der Waals surface area (Å²) in [6, 6.07) is 87.0. The summed E-state index contributed by atoms with van der Waals surface area (Å²) in [4.78, 5) is 4.75. The van der Waals surface area contributed by atoms with E-state index in [0.717, 1.165) is 75.2 Å². The third kappa shape index (κ3) is 15.6. The Morgan fingerprint density at radius 1 is 0.333 bits per heavy atom. The van der Waals surface area contributed by atoms with Crippen molar-refractivity contribution in [3.63, 3.8) is 0 Å². The molecule has 1 saturated heterocycles. The smallest absolute Gasteiger partial charge is 0.423 e. The molecule has 0 spiro atoms. The number of rotatable bonds is 8. The van der Waals surface area contributed by atoms with Gasteiger partial charge >= 0.3 is 7.12 Å². The molecule has 0 aliphatic carbocycles. The van der Waals surface area contributed by atoms with Gasteiger partial charge in [-0.25, -0.2) is 0 Å². The second-order valence-corrected chi connectivity index (χ2v) is 34.3. The van der Waals surface area contributed by atoms with E-state index in [1.165, 1.54) is 93.6 Å². The molecule has 0 atom stereocenters. The van der Waals surface area contributed by atoms with E-state index in [1.54, 1.807) is 17.4 Å². The molecule has 0 saturated carbocycles. The van der Waals surface area contributed by atoms with Gasteiger partial charge in [0.15, 0.2) is 0 Å². The van der Waals surface area contributed by atoms with Gasteiger partial charge in [-0.15, -0.1) is 22.7 Å². The standard InChI is InChI=1S/C42H38BrNS.C32H34BNO2S.C10H6Br2.C4H8O/c1-41(2,3)28-19-23-30(24-20-28)44(31-25-21-29(22-26-31)42(4,5)6)37-18-10-16-35-34-15-9-14-33(39(34)45-40(35)37)32-13-7-11-27-12-8-17-36(43)38(27)32;1-31(2,3)21-13-17-23(18-14-21)34(24-19-15-22(16-20-24)32(4,5)6)28-12-8-10-26-25-9-7-11-27(33(35)36)29(25)37-30(26)28;11-8-5-1-3-7-4-2-6-9(12)10(7)8;1-2-4-5-3-1/h7-26H,1-6H3;7-20,35-36H,1-6H3;1-6H;1-4H2. The Morgan fingerprint density at radius 2 is 0.636 bits per heavy atom. The molecule has 502 valence electrons. The van der Waals surface area contributed by atoms with E-state index >= 15 is 0 Å². The second kappa shape index (κ2) is 29.7. The highest BCUT2D eigenvalue weighted by atomic mass is 79.9. The predicted octanol–water partition coefficient (Wildman–Crippen LogP) is 26.7. The molecule has 2 aromatic heterocycles. The van der Waals surface area contributed by atoms with Gasteiger partial charge in [-0.1, -0.05) is 295 Å². The van der Waals surface area contributed by atoms with Crippen LogP contribution in [0.3, 0.4) is 0 Å². The number of nitrogens with zero attached hydrogens (tertiary/aromatic N) is 2. The average molecular weight is 1530 g/mol. The summed E-state index contributed by atoms with van der Waals surface area (Å²) >= 11 is 14.4. The summed E-state index contributed by atoms with van der Waals surface area (Å²) in [7, 11) is -1.51. The van der Waals surface area contributed by atoms with Crippen molar-refractivity contribution < 1.29 is 14.8 Å². The SMILES string of the molecule is Brc1cccc2cccc(Br)c12.C1CCOC1.CC(C)(C)c1ccc(N(c2ccc(C(C)(C)C)cc2)c2cccc3c2sc2c(-c4cccc5cccc(Br)c45)cccc23)cc1.CC(C)(C)c1ccc(N(c2ccc(C(C)(C)C)cc2)c2cccc3c2sc2c(B(O)O)cccc23)cc1. The Labute approximate surface area is 618 Å². The van der Waals surface area contributed by atoms with Crippen molar-refractivity contribution in [1.29, 1.82) is 0 Å². The highest BCUT2D eigenvalue weighted by Crippen LogP contribution is 2.50. The van der Waals surface area contributed by atoms with Crippen molar-refractivity contribution in [3.05, 3.63) is 278 Å². The van der Waals surface area contributed by atoms with Crippen LogP contribution in [0.15, 0.2) is 256 Å². The minimum absolute atomic E-state index is 0.0741. The molecular weight excluding hydrogens is 1450 g/mol. The zero-order chi connectivity index (χ0) is 70.1. The first kappa shape index (κ1) is 71.4. The highest BCUT2D eigenvalue weighted by Gasteiger charge is 2.26. The third-order valence-corrected chi connectivity index (χ3v) is 23.1. The fourth-order valence-corrected chi connectivity index (χ4v) is 17.7. The molecule has 0 radical (unpaired) electrons. The van der Waals surface area contributed by atoms with Gasteiger partial charge < -0.3 is 24.6 Å². The molecule has 3 heterocycles. The summed E-state index contributed by atoms with van der Waals surface area (Å²) in [6.07, 6.45) is 2.56. The van der Waals surface area contributed by atoms with Gasteiger partial charge in [0.2, 0.25) is 0 Å². The summed E-state index contributed by atoms with van der Waals surface area (Å²) in [5.41, 5.74) is 15.4. The normalized spacial score (nSPS) is 12.7. The Kier molecular flexibility index (Phi) is 21.4. The van der Waals surface area contributed by atoms with Crippen LogP contribution in [-0.4, -0.2) is 30.4 Å². The van der Waals surface area contributed by atoms with Crippen molar-refractivity contribution >= 4 is 179 Å². The van der Waals surface area contributed by atoms with Crippen LogP contribution in [0.4, 0.5) is 34.1 Å². The molecule has 0 unspecified atom stereocenters. The number of thiophene rings is 2. The van der Waals surface area contributed by atoms with Crippen LogP contribution in [0.2, 0.25) is 0 Å². The van der Waals surface area contributed by atoms with E-state index in [9.17, 15) is 10.0 Å². The second-order valence-electron chi connectivity index (χ2n) is 29.7. The number of ether oxygens (including phenoxy) is 1. The van der Waals surface area contributed by atoms with Crippen LogP contribution < -0.4 is 15.3 Å². The molecule has 11 heteroatoms. The topological polar surface area (TPSA) is 56.2 Å². The lowest BCUT2D eigenvalue weighted by molar-refractivity contribution is 0.198. The average Bonchev–Trinajstić information content (AvgIpc) is 1.62. The van der Waals surface area contributed by atoms with Gasteiger partial charge in [0, 0.05) is 96.7 Å². The number of benzene rings is 12. The lowest BCUT2D eigenvalue weighted by atomic mass is 9.80. The Morgan fingerprint density at radius 3 is 0.990 bits per heavy atom. The van der Waals surface area contributed by atoms with Crippen LogP contribution in [-0.2, 0) is 26.4 Å². The molecule has 1 fully saturated rings. The van der Waals surface area contributed by atoms with Gasteiger partial charge in [0.05, 0.1) is 20.8 Å². The van der Waals surface area contributed by atoms with Crippen molar-refractivity contribution in [2.75, 3.05) is 23.0 Å². The number of hydrogen-bond donors (Lipinski definition) is 2. The van der Waals surface area contributed by atoms with Crippen LogP contribution in [0, 0.1) is 0 Å². The lowest BCUT2D eigenvalue weighted by Crippen LogP contribution is -2.29. The first-order valence-corrected chi connectivity index (χ1v) is 38.1. The summed E-state index contributed by atoms with van der Waals surface area (Å²) in [6.45, 7) is 29.0. The maximum absolute atomic E-state index is 10.0. The molecule has 15 rings (SSSR count). The lowest BCUT2D eigenvalue weighted by Gasteiger charge is -2.28. The van der Waals surface area contributed by atoms with Gasteiger partial charge in [0.1, 0.15) is 0 Å². The molecule has 2 N–H and O–H groups in total. The van der Waals surface area contributed by atoms with Crippen molar-refractivity contribution in [3.8, 4) is 11.1 Å². The monoisotopic (exact) mass is 1530 g/mol. The number of anilines is 6. The number of fused-ring (bicyclic) bond motifs is 8. The fraction of sp³-hybridized carbons (Fsp3) is 0.227. The third-order valence-electron chi connectivity index (χ3n) is 18.5. The fourth-order valence-electron chi connectivity index (χ4n) is 13.0. The minimum Gasteiger partial charge on any atom is -0.423 e. The minimum atomic E-state index is -1.51. The number of halogens is 3. The maximum atomic E-state index is 10.0. The van der Waals surface area contributed by atoms with E-state index in [4.69, 9.17) is 4.74 Å². The molecule has 99 heavy (non-hydrogen) atoms. The van der Waals surface area contributed by atoms with E-state index in [-0.39, 0.29) is 21.7 Å². The molecule has 0 bridgehead atoms. The largest absolute Gasteiger partial charge is 0.489 e. The van der Waals surface area contributed by atoms with E-state index < -0.39 is 7.12 Å². The quantitative estimate of drug-likeness (QED) is 0.149. The van der Waals surface area contributed by atoms with Gasteiger partial charge in [-0.3, -0.25) is 0 Å². The highest BCUT2D eigenvalue weighted by molar-refractivity contribution is 9.11. The first-order valence-electron chi connectivity index (χ1n) is 34.1. The van der Waals surface area contributed by atoms with E-state index in [1.807, 2.05) is 41.7 Å². The van der Waals surface area contributed by atoms with Crippen LogP contribution in [0.5, 0.6) is 0 Å². The summed E-state index contributed by atoms with van der Waals surface area (Å²) in [5, 5.41) is 29.8. The zero-order valence-electron chi connectivity index (χ0n) is 58.6. The molecule has 5 nitrogen and oxygen atoms in total. The molecule has 1 aliphatic heterocycles. The molecule has 14 aromatic rings. The molecule has 12 aromatic carbocycles.